The van der Waals surface area contributed by atoms with Crippen molar-refractivity contribution in [1.29, 1.82) is 0 Å². The van der Waals surface area contributed by atoms with Gasteiger partial charge in [0, 0.05) is 25.0 Å². The molecule has 0 aromatic heterocycles. The van der Waals surface area contributed by atoms with E-state index in [0.29, 0.717) is 0 Å². The molecule has 3 heterocycles. The molecule has 0 aromatic rings. The van der Waals surface area contributed by atoms with Crippen molar-refractivity contribution in [3.05, 3.63) is 0 Å². The summed E-state index contributed by atoms with van der Waals surface area (Å²) in [6.07, 6.45) is -16.5. The number of hydrogen-bond acceptors (Lipinski definition) is 18. The first kappa shape index (κ1) is 33.2. The third-order valence-corrected chi connectivity index (χ3v) is 8.23. The lowest BCUT2D eigenvalue weighted by atomic mass is 9.84. The topological polar surface area (TPSA) is 327 Å². The summed E-state index contributed by atoms with van der Waals surface area (Å²) in [6, 6.07) is -3.94. The number of hydrogen-bond donors (Lipinski definition) is 12. The second-order valence-electron chi connectivity index (χ2n) is 11.1. The van der Waals surface area contributed by atoms with Gasteiger partial charge in [-0.1, -0.05) is 0 Å². The molecule has 1 aliphatic carbocycles. The summed E-state index contributed by atoms with van der Waals surface area (Å²) in [5.74, 6) is 0. The largest absolute Gasteiger partial charge is 0.394 e. The first-order chi connectivity index (χ1) is 19.4. The molecule has 3 saturated heterocycles. The van der Waals surface area contributed by atoms with Gasteiger partial charge in [0.05, 0.1) is 37.5 Å². The molecule has 41 heavy (non-hydrogen) atoms. The smallest absolute Gasteiger partial charge is 0.176 e. The van der Waals surface area contributed by atoms with Crippen molar-refractivity contribution < 1.29 is 64.2 Å². The number of aliphatic hydroxyl groups is 7. The Balaban J connectivity index is 1.45. The maximum absolute atomic E-state index is 10.9. The maximum Gasteiger partial charge on any atom is 0.176 e. The van der Waals surface area contributed by atoms with Crippen LogP contribution in [0.15, 0.2) is 0 Å². The first-order valence-electron chi connectivity index (χ1n) is 13.7. The highest BCUT2D eigenvalue weighted by Crippen LogP contribution is 2.34. The van der Waals surface area contributed by atoms with E-state index >= 15 is 0 Å². The predicted octanol–water partition coefficient (Wildman–Crippen LogP) is -7.83. The summed E-state index contributed by atoms with van der Waals surface area (Å²) < 4.78 is 35.0. The highest BCUT2D eigenvalue weighted by Gasteiger charge is 2.51. The lowest BCUT2D eigenvalue weighted by Crippen LogP contribution is -2.67. The third kappa shape index (κ3) is 6.85. The van der Waals surface area contributed by atoms with Gasteiger partial charge < -0.3 is 92.8 Å². The fourth-order valence-electron chi connectivity index (χ4n) is 5.67. The van der Waals surface area contributed by atoms with Gasteiger partial charge in [-0.2, -0.15) is 0 Å². The standard InChI is InChI=1S/C23H45N5O13/c24-3-9-16(32)18(34)13(27)22(38-9)37-8-2-12(36-10(8)4-29)40-21-15(31)6(25)1-7(26)20(21)41-23-14(28)19(35)17(33)11(5-30)39-23/h6-23,29-35H,1-5,24-28H2. The first-order valence-corrected chi connectivity index (χ1v) is 13.7. The van der Waals surface area contributed by atoms with Gasteiger partial charge in [-0.05, 0) is 6.42 Å². The van der Waals surface area contributed by atoms with E-state index in [4.69, 9.17) is 57.1 Å². The van der Waals surface area contributed by atoms with Crippen molar-refractivity contribution in [2.24, 2.45) is 28.7 Å². The lowest BCUT2D eigenvalue weighted by Gasteiger charge is -2.47. The van der Waals surface area contributed by atoms with E-state index in [-0.39, 0.29) is 19.4 Å². The summed E-state index contributed by atoms with van der Waals surface area (Å²) in [7, 11) is 0. The number of ether oxygens (including phenoxy) is 6. The van der Waals surface area contributed by atoms with Crippen LogP contribution in [0, 0.1) is 0 Å². The van der Waals surface area contributed by atoms with E-state index in [2.05, 4.69) is 0 Å². The van der Waals surface area contributed by atoms with Crippen LogP contribution in [0.5, 0.6) is 0 Å². The number of nitrogens with two attached hydrogens (primary N) is 5. The highest BCUT2D eigenvalue weighted by atomic mass is 16.7. The number of aliphatic hydroxyl groups excluding tert-OH is 7. The molecule has 0 radical (unpaired) electrons. The molecule has 0 aromatic carbocycles. The molecular formula is C23H45N5O13. The summed E-state index contributed by atoms with van der Waals surface area (Å²) in [6.45, 7) is -1.21. The summed E-state index contributed by atoms with van der Waals surface area (Å²) in [5, 5.41) is 71.2. The Morgan fingerprint density at radius 1 is 0.585 bits per heavy atom. The summed E-state index contributed by atoms with van der Waals surface area (Å²) in [5.41, 5.74) is 30.0. The minimum absolute atomic E-state index is 0.0150. The van der Waals surface area contributed by atoms with Crippen LogP contribution in [0.2, 0.25) is 0 Å². The zero-order valence-corrected chi connectivity index (χ0v) is 22.4. The van der Waals surface area contributed by atoms with Gasteiger partial charge in [-0.15, -0.1) is 0 Å². The Morgan fingerprint density at radius 3 is 1.73 bits per heavy atom. The van der Waals surface area contributed by atoms with Crippen molar-refractivity contribution in [2.75, 3.05) is 19.8 Å². The average Bonchev–Trinajstić information content (AvgIpc) is 3.34. The molecule has 1 saturated carbocycles. The zero-order valence-electron chi connectivity index (χ0n) is 22.4. The van der Waals surface area contributed by atoms with Crippen LogP contribution in [0.4, 0.5) is 0 Å². The van der Waals surface area contributed by atoms with Crippen molar-refractivity contribution in [1.82, 2.24) is 0 Å². The predicted molar refractivity (Wildman–Crippen MR) is 135 cm³/mol. The Morgan fingerprint density at radius 2 is 1.15 bits per heavy atom. The van der Waals surface area contributed by atoms with E-state index in [1.54, 1.807) is 0 Å². The van der Waals surface area contributed by atoms with Gasteiger partial charge in [-0.25, -0.2) is 0 Å². The minimum Gasteiger partial charge on any atom is -0.394 e. The van der Waals surface area contributed by atoms with E-state index in [0.717, 1.165) is 0 Å². The fraction of sp³-hybridized carbons (Fsp3) is 1.00. The van der Waals surface area contributed by atoms with Gasteiger partial charge in [-0.3, -0.25) is 0 Å². The molecular weight excluding hydrogens is 554 g/mol. The normalized spacial score (nSPS) is 53.0. The Labute approximate surface area is 236 Å². The van der Waals surface area contributed by atoms with E-state index in [1.165, 1.54) is 0 Å². The molecule has 240 valence electrons. The maximum atomic E-state index is 10.9. The van der Waals surface area contributed by atoms with E-state index in [9.17, 15) is 35.7 Å². The quantitative estimate of drug-likeness (QED) is 0.117. The van der Waals surface area contributed by atoms with Crippen LogP contribution in [-0.2, 0) is 28.4 Å². The number of rotatable bonds is 9. The summed E-state index contributed by atoms with van der Waals surface area (Å²) in [4.78, 5) is 0. The Kier molecular flexibility index (Phi) is 11.3. The van der Waals surface area contributed by atoms with Crippen LogP contribution in [-0.4, -0.2) is 166 Å². The van der Waals surface area contributed by atoms with Crippen molar-refractivity contribution in [3.8, 4) is 0 Å². The van der Waals surface area contributed by atoms with Crippen molar-refractivity contribution in [2.45, 2.75) is 123 Å². The molecule has 4 aliphatic rings. The molecule has 18 atom stereocenters. The van der Waals surface area contributed by atoms with Gasteiger partial charge in [0.15, 0.2) is 18.9 Å². The average molecular weight is 600 g/mol. The molecule has 17 N–H and O–H groups in total. The van der Waals surface area contributed by atoms with Crippen molar-refractivity contribution in [3.63, 3.8) is 0 Å². The Hall–Kier alpha value is -0.720. The fourth-order valence-corrected chi connectivity index (χ4v) is 5.67. The van der Waals surface area contributed by atoms with Gasteiger partial charge in [0.2, 0.25) is 0 Å². The third-order valence-electron chi connectivity index (χ3n) is 8.23. The van der Waals surface area contributed by atoms with Crippen molar-refractivity contribution >= 4 is 0 Å². The molecule has 3 aliphatic heterocycles. The van der Waals surface area contributed by atoms with Gasteiger partial charge in [0.25, 0.3) is 0 Å². The molecule has 4 fully saturated rings. The Bertz CT molecular complexity index is 835. The molecule has 0 amide bonds. The minimum atomic E-state index is -1.48. The summed E-state index contributed by atoms with van der Waals surface area (Å²) >= 11 is 0. The van der Waals surface area contributed by atoms with Crippen LogP contribution in [0.1, 0.15) is 12.8 Å². The van der Waals surface area contributed by atoms with E-state index in [1.807, 2.05) is 0 Å². The lowest BCUT2D eigenvalue weighted by molar-refractivity contribution is -0.307. The van der Waals surface area contributed by atoms with Gasteiger partial charge in [0.1, 0.15) is 54.9 Å². The molecule has 0 spiro atoms. The monoisotopic (exact) mass is 599 g/mol. The molecule has 0 bridgehead atoms. The van der Waals surface area contributed by atoms with Gasteiger partial charge >= 0.3 is 0 Å². The van der Waals surface area contributed by atoms with E-state index < -0.39 is 123 Å². The molecule has 18 nitrogen and oxygen atoms in total. The molecule has 18 heteroatoms. The molecule has 18 unspecified atom stereocenters. The second kappa shape index (κ2) is 13.9. The zero-order chi connectivity index (χ0) is 30.2. The second-order valence-corrected chi connectivity index (χ2v) is 11.1. The van der Waals surface area contributed by atoms with Crippen LogP contribution in [0.3, 0.4) is 0 Å². The van der Waals surface area contributed by atoms with Crippen LogP contribution >= 0.6 is 0 Å². The van der Waals surface area contributed by atoms with Crippen LogP contribution < -0.4 is 28.7 Å². The SMILES string of the molecule is NCC1OC(OC2CC(OC3C(O)C(N)CC(N)C3OC3OC(CO)C(O)C(O)C3N)OC2CO)C(N)C(O)C1O. The molecule has 4 rings (SSSR count). The highest BCUT2D eigenvalue weighted by molar-refractivity contribution is 5.01. The van der Waals surface area contributed by atoms with Crippen LogP contribution in [0.25, 0.3) is 0 Å².